The lowest BCUT2D eigenvalue weighted by molar-refractivity contribution is 0.186. The zero-order valence-electron chi connectivity index (χ0n) is 9.14. The Hall–Kier alpha value is -0.900. The largest absolute Gasteiger partial charge is 0.396 e. The molecule has 1 rings (SSSR count). The van der Waals surface area contributed by atoms with Gasteiger partial charge in [-0.3, -0.25) is 4.68 Å². The maximum atomic E-state index is 9.20. The lowest BCUT2D eigenvalue weighted by atomic mass is 9.93. The van der Waals surface area contributed by atoms with Crippen LogP contribution in [0.4, 0.5) is 0 Å². The maximum Gasteiger partial charge on any atom is 0.138 e. The summed E-state index contributed by atoms with van der Waals surface area (Å²) in [5.74, 6) is 1.73. The highest BCUT2D eigenvalue weighted by molar-refractivity contribution is 4.87. The molecule has 14 heavy (non-hydrogen) atoms. The second kappa shape index (κ2) is 5.10. The average Bonchev–Trinajstić information content (AvgIpc) is 2.60. The standard InChI is InChI=1S/C10H19N3O/c1-4-13-10(11-7-12-13)5-9(6-14)8(2)3/h7-9,14H,4-6H2,1-3H3. The van der Waals surface area contributed by atoms with E-state index < -0.39 is 0 Å². The van der Waals surface area contributed by atoms with Crippen LogP contribution in [0.2, 0.25) is 0 Å². The summed E-state index contributed by atoms with van der Waals surface area (Å²) in [7, 11) is 0. The van der Waals surface area contributed by atoms with Crippen LogP contribution in [0.1, 0.15) is 26.6 Å². The van der Waals surface area contributed by atoms with Crippen molar-refractivity contribution in [3.63, 3.8) is 0 Å². The van der Waals surface area contributed by atoms with Crippen LogP contribution in [-0.2, 0) is 13.0 Å². The average molecular weight is 197 g/mol. The molecule has 0 aromatic carbocycles. The van der Waals surface area contributed by atoms with Crippen LogP contribution in [0.5, 0.6) is 0 Å². The van der Waals surface area contributed by atoms with Crippen molar-refractivity contribution in [2.24, 2.45) is 11.8 Å². The van der Waals surface area contributed by atoms with Crippen molar-refractivity contribution >= 4 is 0 Å². The highest BCUT2D eigenvalue weighted by Gasteiger charge is 2.15. The van der Waals surface area contributed by atoms with Crippen molar-refractivity contribution in [3.05, 3.63) is 12.2 Å². The molecule has 1 aromatic heterocycles. The fourth-order valence-electron chi connectivity index (χ4n) is 1.46. The van der Waals surface area contributed by atoms with Gasteiger partial charge >= 0.3 is 0 Å². The number of hydrogen-bond donors (Lipinski definition) is 1. The van der Waals surface area contributed by atoms with Gasteiger partial charge in [0.1, 0.15) is 12.2 Å². The minimum atomic E-state index is 0.217. The lowest BCUT2D eigenvalue weighted by Crippen LogP contribution is -2.19. The van der Waals surface area contributed by atoms with E-state index >= 15 is 0 Å². The summed E-state index contributed by atoms with van der Waals surface area (Å²) in [4.78, 5) is 4.20. The molecule has 0 aliphatic rings. The van der Waals surface area contributed by atoms with E-state index in [0.717, 1.165) is 18.8 Å². The number of aliphatic hydroxyl groups is 1. The Morgan fingerprint density at radius 1 is 1.50 bits per heavy atom. The number of aromatic nitrogens is 3. The van der Waals surface area contributed by atoms with Gasteiger partial charge in [-0.25, -0.2) is 4.98 Å². The molecule has 1 N–H and O–H groups in total. The van der Waals surface area contributed by atoms with Crippen molar-refractivity contribution < 1.29 is 5.11 Å². The van der Waals surface area contributed by atoms with E-state index in [4.69, 9.17) is 0 Å². The van der Waals surface area contributed by atoms with E-state index in [1.54, 1.807) is 6.33 Å². The van der Waals surface area contributed by atoms with Gasteiger partial charge in [-0.15, -0.1) is 0 Å². The quantitative estimate of drug-likeness (QED) is 0.769. The maximum absolute atomic E-state index is 9.20. The SMILES string of the molecule is CCn1ncnc1CC(CO)C(C)C. The lowest BCUT2D eigenvalue weighted by Gasteiger charge is -2.17. The molecule has 0 aliphatic heterocycles. The van der Waals surface area contributed by atoms with Crippen LogP contribution in [0.3, 0.4) is 0 Å². The van der Waals surface area contributed by atoms with Crippen molar-refractivity contribution in [3.8, 4) is 0 Å². The van der Waals surface area contributed by atoms with Gasteiger partial charge < -0.3 is 5.11 Å². The summed E-state index contributed by atoms with van der Waals surface area (Å²) in [6.45, 7) is 7.34. The second-order valence-corrected chi connectivity index (χ2v) is 3.88. The molecular formula is C10H19N3O. The minimum absolute atomic E-state index is 0.217. The first-order valence-corrected chi connectivity index (χ1v) is 5.16. The number of nitrogens with zero attached hydrogens (tertiary/aromatic N) is 3. The molecular weight excluding hydrogens is 178 g/mol. The monoisotopic (exact) mass is 197 g/mol. The number of aliphatic hydroxyl groups excluding tert-OH is 1. The van der Waals surface area contributed by atoms with E-state index in [1.807, 2.05) is 11.6 Å². The minimum Gasteiger partial charge on any atom is -0.396 e. The van der Waals surface area contributed by atoms with Crippen LogP contribution in [0.15, 0.2) is 6.33 Å². The van der Waals surface area contributed by atoms with Gasteiger partial charge in [0.2, 0.25) is 0 Å². The molecule has 0 spiro atoms. The normalized spacial score (nSPS) is 13.5. The van der Waals surface area contributed by atoms with E-state index in [0.29, 0.717) is 5.92 Å². The second-order valence-electron chi connectivity index (χ2n) is 3.88. The van der Waals surface area contributed by atoms with Crippen molar-refractivity contribution in [1.29, 1.82) is 0 Å². The number of hydrogen-bond acceptors (Lipinski definition) is 3. The molecule has 0 fully saturated rings. The summed E-state index contributed by atoms with van der Waals surface area (Å²) in [5.41, 5.74) is 0. The third-order valence-corrected chi connectivity index (χ3v) is 2.62. The molecule has 0 aliphatic carbocycles. The van der Waals surface area contributed by atoms with Crippen LogP contribution < -0.4 is 0 Å². The van der Waals surface area contributed by atoms with Crippen LogP contribution in [0.25, 0.3) is 0 Å². The highest BCUT2D eigenvalue weighted by atomic mass is 16.3. The molecule has 0 saturated heterocycles. The Morgan fingerprint density at radius 3 is 2.71 bits per heavy atom. The smallest absolute Gasteiger partial charge is 0.138 e. The van der Waals surface area contributed by atoms with Gasteiger partial charge in [-0.1, -0.05) is 13.8 Å². The zero-order valence-corrected chi connectivity index (χ0v) is 9.14. The Morgan fingerprint density at radius 2 is 2.21 bits per heavy atom. The third-order valence-electron chi connectivity index (χ3n) is 2.62. The molecule has 4 heteroatoms. The number of aryl methyl sites for hydroxylation is 1. The molecule has 0 saturated carbocycles. The molecule has 0 radical (unpaired) electrons. The molecule has 1 atom stereocenters. The van der Waals surface area contributed by atoms with Gasteiger partial charge in [0.05, 0.1) is 0 Å². The molecule has 4 nitrogen and oxygen atoms in total. The fraction of sp³-hybridized carbons (Fsp3) is 0.800. The summed E-state index contributed by atoms with van der Waals surface area (Å²) >= 11 is 0. The Kier molecular flexibility index (Phi) is 4.07. The molecule has 1 unspecified atom stereocenters. The van der Waals surface area contributed by atoms with Gasteiger partial charge in [0, 0.05) is 19.6 Å². The van der Waals surface area contributed by atoms with Gasteiger partial charge in [0.25, 0.3) is 0 Å². The van der Waals surface area contributed by atoms with Crippen molar-refractivity contribution in [1.82, 2.24) is 14.8 Å². The highest BCUT2D eigenvalue weighted by Crippen LogP contribution is 2.15. The summed E-state index contributed by atoms with van der Waals surface area (Å²) in [6.07, 6.45) is 2.38. The molecule has 1 heterocycles. The van der Waals surface area contributed by atoms with Crippen molar-refractivity contribution in [2.45, 2.75) is 33.7 Å². The van der Waals surface area contributed by atoms with Crippen LogP contribution in [0, 0.1) is 11.8 Å². The first-order valence-electron chi connectivity index (χ1n) is 5.16. The van der Waals surface area contributed by atoms with E-state index in [9.17, 15) is 5.11 Å². The fourth-order valence-corrected chi connectivity index (χ4v) is 1.46. The Labute approximate surface area is 85.0 Å². The first-order chi connectivity index (χ1) is 6.69. The van der Waals surface area contributed by atoms with Gasteiger partial charge in [-0.05, 0) is 18.8 Å². The van der Waals surface area contributed by atoms with E-state index in [-0.39, 0.29) is 12.5 Å². The topological polar surface area (TPSA) is 50.9 Å². The van der Waals surface area contributed by atoms with E-state index in [1.165, 1.54) is 0 Å². The predicted molar refractivity (Wildman–Crippen MR) is 54.8 cm³/mol. The summed E-state index contributed by atoms with van der Waals surface area (Å²) in [5, 5.41) is 13.3. The van der Waals surface area contributed by atoms with Crippen LogP contribution >= 0.6 is 0 Å². The summed E-state index contributed by atoms with van der Waals surface area (Å²) < 4.78 is 1.88. The molecule has 1 aromatic rings. The zero-order chi connectivity index (χ0) is 10.6. The van der Waals surface area contributed by atoms with Crippen LogP contribution in [-0.4, -0.2) is 26.5 Å². The van der Waals surface area contributed by atoms with E-state index in [2.05, 4.69) is 23.9 Å². The third kappa shape index (κ3) is 2.54. The summed E-state index contributed by atoms with van der Waals surface area (Å²) in [6, 6.07) is 0. The Bertz CT molecular complexity index is 270. The molecule has 0 amide bonds. The number of rotatable bonds is 5. The predicted octanol–water partition coefficient (Wildman–Crippen LogP) is 1.10. The molecule has 80 valence electrons. The first kappa shape index (κ1) is 11.2. The molecule has 0 bridgehead atoms. The van der Waals surface area contributed by atoms with Crippen molar-refractivity contribution in [2.75, 3.05) is 6.61 Å². The Balaban J connectivity index is 2.66. The van der Waals surface area contributed by atoms with Gasteiger partial charge in [0.15, 0.2) is 0 Å². The van der Waals surface area contributed by atoms with Gasteiger partial charge in [-0.2, -0.15) is 5.10 Å².